The lowest BCUT2D eigenvalue weighted by Gasteiger charge is -2.35. The van der Waals surface area contributed by atoms with Gasteiger partial charge in [-0.15, -0.1) is 0 Å². The Hall–Kier alpha value is -2.46. The summed E-state index contributed by atoms with van der Waals surface area (Å²) in [5.74, 6) is -2.36. The molecule has 0 spiro atoms. The quantitative estimate of drug-likeness (QED) is 0.477. The lowest BCUT2D eigenvalue weighted by Crippen LogP contribution is -2.51. The van der Waals surface area contributed by atoms with Crippen molar-refractivity contribution in [2.24, 2.45) is 0 Å². The second-order valence-corrected chi connectivity index (χ2v) is 5.87. The Bertz CT molecular complexity index is 526. The molecule has 2 fully saturated rings. The maximum Gasteiger partial charge on any atom is 0.328 e. The number of amides is 2. The standard InChI is InChI=1S/C12H21N3O3.C4H4O4/c16-9-8-13-4-6-14(7-5-13)12(18)10-15-3-1-2-11(15)17;5-3(6)1-2-4(7)8/h16H,1-10H2;1-2H,(H,5,6)(H,7,8). The summed E-state index contributed by atoms with van der Waals surface area (Å²) < 4.78 is 0. The van der Waals surface area contributed by atoms with E-state index in [9.17, 15) is 19.2 Å². The molecule has 146 valence electrons. The van der Waals surface area contributed by atoms with Gasteiger partial charge in [-0.2, -0.15) is 0 Å². The Kier molecular flexibility index (Phi) is 9.31. The largest absolute Gasteiger partial charge is 0.478 e. The van der Waals surface area contributed by atoms with Gasteiger partial charge in [0.1, 0.15) is 0 Å². The molecule has 0 atom stereocenters. The van der Waals surface area contributed by atoms with Gasteiger partial charge >= 0.3 is 11.9 Å². The number of hydrogen-bond donors (Lipinski definition) is 3. The summed E-state index contributed by atoms with van der Waals surface area (Å²) in [5.41, 5.74) is 0. The number of β-amino-alcohol motifs (C(OH)–C–C–N with tert-alkyl or cyclic N) is 1. The molecule has 2 aliphatic rings. The van der Waals surface area contributed by atoms with Gasteiger partial charge in [0.25, 0.3) is 0 Å². The van der Waals surface area contributed by atoms with E-state index in [1.165, 1.54) is 0 Å². The molecule has 3 N–H and O–H groups in total. The number of aliphatic carboxylic acids is 2. The second kappa shape index (κ2) is 11.2. The highest BCUT2D eigenvalue weighted by Crippen LogP contribution is 2.10. The Labute approximate surface area is 151 Å². The third-order valence-electron chi connectivity index (χ3n) is 4.01. The third-order valence-corrected chi connectivity index (χ3v) is 4.01. The van der Waals surface area contributed by atoms with Gasteiger partial charge < -0.3 is 25.1 Å². The van der Waals surface area contributed by atoms with Gasteiger partial charge in [0, 0.05) is 57.8 Å². The molecular weight excluding hydrogens is 346 g/mol. The van der Waals surface area contributed by atoms with E-state index in [1.807, 2.05) is 4.90 Å². The average molecular weight is 371 g/mol. The van der Waals surface area contributed by atoms with Crippen LogP contribution in [0.5, 0.6) is 0 Å². The van der Waals surface area contributed by atoms with E-state index in [2.05, 4.69) is 4.90 Å². The van der Waals surface area contributed by atoms with Crippen molar-refractivity contribution in [2.75, 3.05) is 52.4 Å². The SMILES string of the molecule is O=C(CN1CCCC1=O)N1CCN(CCO)CC1.O=C(O)C=CC(=O)O. The first-order chi connectivity index (χ1) is 12.3. The number of aliphatic hydroxyl groups is 1. The summed E-state index contributed by atoms with van der Waals surface area (Å²) in [7, 11) is 0. The number of nitrogens with zero attached hydrogens (tertiary/aromatic N) is 3. The van der Waals surface area contributed by atoms with Crippen LogP contribution in [0.1, 0.15) is 12.8 Å². The number of carboxylic acids is 2. The van der Waals surface area contributed by atoms with Crippen LogP contribution in [0.25, 0.3) is 0 Å². The highest BCUT2D eigenvalue weighted by molar-refractivity contribution is 5.89. The first-order valence-electron chi connectivity index (χ1n) is 8.36. The molecule has 26 heavy (non-hydrogen) atoms. The van der Waals surface area contributed by atoms with Crippen molar-refractivity contribution in [3.8, 4) is 0 Å². The normalized spacial score (nSPS) is 18.0. The van der Waals surface area contributed by atoms with E-state index in [0.29, 0.717) is 38.2 Å². The maximum atomic E-state index is 12.0. The number of rotatable bonds is 6. The molecule has 10 heteroatoms. The van der Waals surface area contributed by atoms with Crippen LogP contribution in [0.4, 0.5) is 0 Å². The van der Waals surface area contributed by atoms with Gasteiger partial charge in [-0.3, -0.25) is 14.5 Å². The Morgan fingerprint density at radius 2 is 1.54 bits per heavy atom. The Morgan fingerprint density at radius 3 is 1.96 bits per heavy atom. The molecule has 2 rings (SSSR count). The summed E-state index contributed by atoms with van der Waals surface area (Å²) in [5, 5.41) is 24.5. The fourth-order valence-electron chi connectivity index (χ4n) is 2.64. The van der Waals surface area contributed by atoms with Gasteiger partial charge in [-0.1, -0.05) is 0 Å². The van der Waals surface area contributed by atoms with Crippen molar-refractivity contribution >= 4 is 23.8 Å². The number of piperazine rings is 1. The van der Waals surface area contributed by atoms with Crippen LogP contribution < -0.4 is 0 Å². The van der Waals surface area contributed by atoms with E-state index >= 15 is 0 Å². The summed E-state index contributed by atoms with van der Waals surface area (Å²) in [6.45, 7) is 4.79. The summed E-state index contributed by atoms with van der Waals surface area (Å²) in [4.78, 5) is 48.2. The Morgan fingerprint density at radius 1 is 0.962 bits per heavy atom. The molecule has 2 saturated heterocycles. The third kappa shape index (κ3) is 8.08. The topological polar surface area (TPSA) is 139 Å². The lowest BCUT2D eigenvalue weighted by molar-refractivity contribution is -0.139. The summed E-state index contributed by atoms with van der Waals surface area (Å²) >= 11 is 0. The van der Waals surface area contributed by atoms with E-state index in [-0.39, 0.29) is 25.0 Å². The molecule has 2 heterocycles. The number of aliphatic hydroxyl groups excluding tert-OH is 1. The van der Waals surface area contributed by atoms with Crippen LogP contribution in [0.2, 0.25) is 0 Å². The zero-order chi connectivity index (χ0) is 19.5. The van der Waals surface area contributed by atoms with Crippen molar-refractivity contribution in [2.45, 2.75) is 12.8 Å². The minimum atomic E-state index is -1.26. The Balaban J connectivity index is 0.000000359. The molecule has 2 aliphatic heterocycles. The molecule has 0 unspecified atom stereocenters. The van der Waals surface area contributed by atoms with Crippen LogP contribution in [-0.2, 0) is 19.2 Å². The van der Waals surface area contributed by atoms with Gasteiger partial charge in [0.2, 0.25) is 11.8 Å². The minimum absolute atomic E-state index is 0.0499. The van der Waals surface area contributed by atoms with Gasteiger partial charge in [-0.05, 0) is 6.42 Å². The van der Waals surface area contributed by atoms with E-state index in [1.54, 1.807) is 4.90 Å². The van der Waals surface area contributed by atoms with Crippen LogP contribution >= 0.6 is 0 Å². The number of carbonyl (C=O) groups excluding carboxylic acids is 2. The molecule has 0 saturated carbocycles. The second-order valence-electron chi connectivity index (χ2n) is 5.87. The number of carboxylic acid groups (broad SMARTS) is 2. The predicted octanol–water partition coefficient (Wildman–Crippen LogP) is -1.54. The predicted molar refractivity (Wildman–Crippen MR) is 90.3 cm³/mol. The molecule has 0 bridgehead atoms. The van der Waals surface area contributed by atoms with E-state index < -0.39 is 11.9 Å². The van der Waals surface area contributed by atoms with Crippen LogP contribution in [0, 0.1) is 0 Å². The fraction of sp³-hybridized carbons (Fsp3) is 0.625. The zero-order valence-corrected chi connectivity index (χ0v) is 14.5. The molecule has 10 nitrogen and oxygen atoms in total. The van der Waals surface area contributed by atoms with Crippen molar-refractivity contribution in [3.05, 3.63) is 12.2 Å². The summed E-state index contributed by atoms with van der Waals surface area (Å²) in [6.07, 6.45) is 2.57. The molecular formula is C16H25N3O7. The van der Waals surface area contributed by atoms with Crippen molar-refractivity contribution in [3.63, 3.8) is 0 Å². The average Bonchev–Trinajstić information content (AvgIpc) is 2.99. The van der Waals surface area contributed by atoms with Gasteiger partial charge in [0.15, 0.2) is 0 Å². The zero-order valence-electron chi connectivity index (χ0n) is 14.5. The van der Waals surface area contributed by atoms with Crippen LogP contribution in [-0.4, -0.2) is 106 Å². The highest BCUT2D eigenvalue weighted by Gasteiger charge is 2.26. The smallest absolute Gasteiger partial charge is 0.328 e. The molecule has 0 aliphatic carbocycles. The molecule has 0 aromatic carbocycles. The number of likely N-dealkylation sites (tertiary alicyclic amines) is 1. The van der Waals surface area contributed by atoms with Crippen molar-refractivity contribution in [1.29, 1.82) is 0 Å². The monoisotopic (exact) mass is 371 g/mol. The summed E-state index contributed by atoms with van der Waals surface area (Å²) in [6, 6.07) is 0. The molecule has 0 aromatic rings. The maximum absolute atomic E-state index is 12.0. The first-order valence-corrected chi connectivity index (χ1v) is 8.36. The molecule has 2 amide bonds. The number of carbonyl (C=O) groups is 4. The highest BCUT2D eigenvalue weighted by atomic mass is 16.4. The van der Waals surface area contributed by atoms with E-state index in [0.717, 1.165) is 26.1 Å². The van der Waals surface area contributed by atoms with Crippen molar-refractivity contribution in [1.82, 2.24) is 14.7 Å². The van der Waals surface area contributed by atoms with Crippen LogP contribution in [0.3, 0.4) is 0 Å². The van der Waals surface area contributed by atoms with Crippen LogP contribution in [0.15, 0.2) is 12.2 Å². The minimum Gasteiger partial charge on any atom is -0.478 e. The number of hydrogen-bond acceptors (Lipinski definition) is 6. The van der Waals surface area contributed by atoms with Gasteiger partial charge in [-0.25, -0.2) is 9.59 Å². The van der Waals surface area contributed by atoms with Crippen molar-refractivity contribution < 1.29 is 34.5 Å². The van der Waals surface area contributed by atoms with E-state index in [4.69, 9.17) is 15.3 Å². The first kappa shape index (κ1) is 21.6. The molecule has 0 radical (unpaired) electrons. The molecule has 0 aromatic heterocycles. The van der Waals surface area contributed by atoms with Gasteiger partial charge in [0.05, 0.1) is 13.2 Å². The fourth-order valence-corrected chi connectivity index (χ4v) is 2.64. The lowest BCUT2D eigenvalue weighted by atomic mass is 10.3.